The second-order valence-electron chi connectivity index (χ2n) is 6.88. The number of carbonyl (C=O) groups is 1. The number of carbonyl (C=O) groups excluding carboxylic acids is 1. The van der Waals surface area contributed by atoms with E-state index in [-0.39, 0.29) is 30.5 Å². The van der Waals surface area contributed by atoms with Gasteiger partial charge in [-0.3, -0.25) is 14.1 Å². The first-order valence-corrected chi connectivity index (χ1v) is 8.61. The van der Waals surface area contributed by atoms with Crippen LogP contribution in [0.15, 0.2) is 24.3 Å². The molecule has 2 aliphatic heterocycles. The zero-order valence-electron chi connectivity index (χ0n) is 14.0. The molecule has 3 nitrogen and oxygen atoms in total. The molecule has 2 saturated heterocycles. The summed E-state index contributed by atoms with van der Waals surface area (Å²) < 4.78 is 17.7. The highest BCUT2D eigenvalue weighted by molar-refractivity contribution is 5.75. The van der Waals surface area contributed by atoms with Gasteiger partial charge in [-0.15, -0.1) is 0 Å². The molecule has 0 amide bonds. The zero-order chi connectivity index (χ0) is 16.4. The fourth-order valence-electron chi connectivity index (χ4n) is 4.52. The van der Waals surface area contributed by atoms with Crippen LogP contribution in [0.1, 0.15) is 42.7 Å². The Balaban J connectivity index is 1.88. The number of esters is 1. The molecular formula is C19H26FNO2. The van der Waals surface area contributed by atoms with Crippen LogP contribution in [0.4, 0.5) is 4.39 Å². The number of methoxy groups -OCH3 is 1. The van der Waals surface area contributed by atoms with Crippen molar-refractivity contribution in [3.8, 4) is 0 Å². The lowest BCUT2D eigenvalue weighted by Gasteiger charge is -2.43. The molecule has 0 radical (unpaired) electrons. The molecule has 0 N–H and O–H groups in total. The molecule has 0 aliphatic carbocycles. The molecular weight excluding hydrogens is 293 g/mol. The van der Waals surface area contributed by atoms with Gasteiger partial charge in [0.2, 0.25) is 0 Å². The number of benzene rings is 1. The van der Waals surface area contributed by atoms with E-state index in [9.17, 15) is 9.18 Å². The minimum atomic E-state index is -0.291. The number of hydrogen-bond acceptors (Lipinski definition) is 3. The number of halogens is 1. The van der Waals surface area contributed by atoms with E-state index in [0.717, 1.165) is 25.8 Å². The monoisotopic (exact) mass is 319 g/mol. The topological polar surface area (TPSA) is 29.5 Å². The second kappa shape index (κ2) is 7.00. The van der Waals surface area contributed by atoms with Gasteiger partial charge in [-0.1, -0.05) is 29.8 Å². The van der Waals surface area contributed by atoms with E-state index in [2.05, 4.69) is 36.1 Å². The number of piperidine rings is 1. The van der Waals surface area contributed by atoms with Gasteiger partial charge >= 0.3 is 5.97 Å². The first kappa shape index (κ1) is 16.4. The molecule has 2 heterocycles. The number of hydrogen-bond donors (Lipinski definition) is 0. The molecule has 126 valence electrons. The van der Waals surface area contributed by atoms with E-state index < -0.39 is 0 Å². The number of rotatable bonds is 5. The third kappa shape index (κ3) is 3.14. The summed E-state index contributed by atoms with van der Waals surface area (Å²) in [6.45, 7) is 2.53. The molecule has 2 aliphatic rings. The van der Waals surface area contributed by atoms with Crippen LogP contribution >= 0.6 is 0 Å². The molecule has 23 heavy (non-hydrogen) atoms. The Morgan fingerprint density at radius 3 is 2.70 bits per heavy atom. The molecule has 0 spiro atoms. The molecule has 4 atom stereocenters. The zero-order valence-corrected chi connectivity index (χ0v) is 14.0. The van der Waals surface area contributed by atoms with Gasteiger partial charge in [0, 0.05) is 24.5 Å². The highest BCUT2D eigenvalue weighted by atomic mass is 19.1. The molecule has 2 fully saturated rings. The number of ether oxygens (including phenoxy) is 1. The Morgan fingerprint density at radius 1 is 1.30 bits per heavy atom. The number of aryl methyl sites for hydroxylation is 1. The first-order valence-electron chi connectivity index (χ1n) is 8.61. The van der Waals surface area contributed by atoms with Crippen LogP contribution in [-0.4, -0.2) is 43.3 Å². The average molecular weight is 319 g/mol. The van der Waals surface area contributed by atoms with Crippen LogP contribution in [0, 0.1) is 12.8 Å². The van der Waals surface area contributed by atoms with E-state index in [0.29, 0.717) is 12.5 Å². The molecule has 4 heteroatoms. The summed E-state index contributed by atoms with van der Waals surface area (Å²) >= 11 is 0. The number of alkyl halides is 1. The smallest absolute Gasteiger partial charge is 0.310 e. The van der Waals surface area contributed by atoms with Crippen LogP contribution < -0.4 is 0 Å². The Kier molecular flexibility index (Phi) is 5.00. The molecule has 0 saturated carbocycles. The van der Waals surface area contributed by atoms with Crippen molar-refractivity contribution in [2.24, 2.45) is 5.92 Å². The summed E-state index contributed by atoms with van der Waals surface area (Å²) in [6.07, 6.45) is 3.63. The van der Waals surface area contributed by atoms with Gasteiger partial charge in [-0.05, 0) is 38.2 Å². The van der Waals surface area contributed by atoms with Crippen LogP contribution in [0.25, 0.3) is 0 Å². The summed E-state index contributed by atoms with van der Waals surface area (Å²) in [7, 11) is 1.47. The molecule has 3 unspecified atom stereocenters. The van der Waals surface area contributed by atoms with Crippen molar-refractivity contribution in [3.63, 3.8) is 0 Å². The van der Waals surface area contributed by atoms with Gasteiger partial charge in [-0.2, -0.15) is 0 Å². The highest BCUT2D eigenvalue weighted by Gasteiger charge is 2.50. The third-order valence-corrected chi connectivity index (χ3v) is 5.59. The highest BCUT2D eigenvalue weighted by Crippen LogP contribution is 2.47. The van der Waals surface area contributed by atoms with Gasteiger partial charge in [0.1, 0.15) is 0 Å². The molecule has 1 aromatic carbocycles. The summed E-state index contributed by atoms with van der Waals surface area (Å²) in [5.41, 5.74) is 2.46. The SMILES string of the molecule is COC(=O)[C@H]1C(c2ccc(C)cc2)CC2CCC1N2CCCF. The molecule has 3 rings (SSSR count). The second-order valence-corrected chi connectivity index (χ2v) is 6.88. The fraction of sp³-hybridized carbons (Fsp3) is 0.632. The van der Waals surface area contributed by atoms with Crippen molar-refractivity contribution in [1.29, 1.82) is 0 Å². The van der Waals surface area contributed by atoms with Crippen molar-refractivity contribution in [3.05, 3.63) is 35.4 Å². The standard InChI is InChI=1S/C19H26FNO2/c1-13-4-6-14(7-5-13)16-12-15-8-9-17(18(16)19(22)23-2)21(15)11-3-10-20/h4-7,15-18H,3,8-12H2,1-2H3/t15?,16?,17?,18-/m0/s1. The Morgan fingerprint density at radius 2 is 2.04 bits per heavy atom. The van der Waals surface area contributed by atoms with Gasteiger partial charge in [-0.25, -0.2) is 0 Å². The van der Waals surface area contributed by atoms with Crippen molar-refractivity contribution in [2.75, 3.05) is 20.3 Å². The average Bonchev–Trinajstić information content (AvgIpc) is 2.84. The summed E-state index contributed by atoms with van der Waals surface area (Å²) in [6, 6.07) is 9.18. The lowest BCUT2D eigenvalue weighted by atomic mass is 9.76. The Labute approximate surface area is 137 Å². The van der Waals surface area contributed by atoms with Crippen molar-refractivity contribution >= 4 is 5.97 Å². The minimum absolute atomic E-state index is 0.119. The lowest BCUT2D eigenvalue weighted by Crippen LogP contribution is -2.51. The first-order chi connectivity index (χ1) is 11.2. The minimum Gasteiger partial charge on any atom is -0.469 e. The summed E-state index contributed by atoms with van der Waals surface area (Å²) in [5.74, 6) is -0.0468. The Hall–Kier alpha value is -1.42. The van der Waals surface area contributed by atoms with Gasteiger partial charge in [0.25, 0.3) is 0 Å². The number of nitrogens with zero attached hydrogens (tertiary/aromatic N) is 1. The van der Waals surface area contributed by atoms with Crippen LogP contribution in [-0.2, 0) is 9.53 Å². The molecule has 0 aromatic heterocycles. The van der Waals surface area contributed by atoms with E-state index >= 15 is 0 Å². The van der Waals surface area contributed by atoms with Gasteiger partial charge in [0.15, 0.2) is 0 Å². The number of fused-ring (bicyclic) bond motifs is 2. The van der Waals surface area contributed by atoms with Crippen LogP contribution in [0.3, 0.4) is 0 Å². The summed E-state index contributed by atoms with van der Waals surface area (Å²) in [4.78, 5) is 14.9. The fourth-order valence-corrected chi connectivity index (χ4v) is 4.52. The van der Waals surface area contributed by atoms with Crippen LogP contribution in [0.5, 0.6) is 0 Å². The lowest BCUT2D eigenvalue weighted by molar-refractivity contribution is -0.150. The Bertz CT molecular complexity index is 545. The predicted octanol–water partition coefficient (Wildman–Crippen LogP) is 3.46. The third-order valence-electron chi connectivity index (χ3n) is 5.59. The maximum absolute atomic E-state index is 12.6. The van der Waals surface area contributed by atoms with E-state index in [4.69, 9.17) is 4.74 Å². The van der Waals surface area contributed by atoms with Gasteiger partial charge < -0.3 is 4.74 Å². The van der Waals surface area contributed by atoms with E-state index in [1.54, 1.807) is 0 Å². The van der Waals surface area contributed by atoms with Gasteiger partial charge in [0.05, 0.1) is 19.7 Å². The largest absolute Gasteiger partial charge is 0.469 e. The van der Waals surface area contributed by atoms with Crippen molar-refractivity contribution < 1.29 is 13.9 Å². The maximum Gasteiger partial charge on any atom is 0.310 e. The maximum atomic E-state index is 12.6. The van der Waals surface area contributed by atoms with Crippen molar-refractivity contribution in [1.82, 2.24) is 4.90 Å². The van der Waals surface area contributed by atoms with Crippen molar-refractivity contribution in [2.45, 2.75) is 50.6 Å². The quantitative estimate of drug-likeness (QED) is 0.778. The van der Waals surface area contributed by atoms with E-state index in [1.807, 2.05) is 0 Å². The molecule has 1 aromatic rings. The summed E-state index contributed by atoms with van der Waals surface area (Å²) in [5, 5.41) is 0. The van der Waals surface area contributed by atoms with Crippen LogP contribution in [0.2, 0.25) is 0 Å². The predicted molar refractivity (Wildman–Crippen MR) is 88.2 cm³/mol. The normalized spacial score (nSPS) is 30.4. The molecule has 2 bridgehead atoms. The van der Waals surface area contributed by atoms with E-state index in [1.165, 1.54) is 18.2 Å².